The standard InChI is InChI=1S/C10H6FN3O2/c11-10-8(2-1-5-12-10)9-4-3-7(6-13-9)14(15)16/h1-6H. The smallest absolute Gasteiger partial charge is 0.258 e. The van der Waals surface area contributed by atoms with Crippen LogP contribution in [0.3, 0.4) is 0 Å². The van der Waals surface area contributed by atoms with Crippen LogP contribution in [0.5, 0.6) is 0 Å². The second-order valence-electron chi connectivity index (χ2n) is 3.00. The van der Waals surface area contributed by atoms with Crippen molar-refractivity contribution >= 4 is 5.69 Å². The maximum atomic E-state index is 13.2. The predicted molar refractivity (Wildman–Crippen MR) is 54.1 cm³/mol. The van der Waals surface area contributed by atoms with Gasteiger partial charge in [0.15, 0.2) is 0 Å². The molecule has 0 unspecified atom stereocenters. The minimum absolute atomic E-state index is 0.131. The Balaban J connectivity index is 2.43. The second-order valence-corrected chi connectivity index (χ2v) is 3.00. The van der Waals surface area contributed by atoms with Crippen molar-refractivity contribution in [3.8, 4) is 11.3 Å². The molecule has 2 heterocycles. The Morgan fingerprint density at radius 3 is 2.62 bits per heavy atom. The van der Waals surface area contributed by atoms with Crippen molar-refractivity contribution in [2.75, 3.05) is 0 Å². The minimum Gasteiger partial charge on any atom is -0.258 e. The Bertz CT molecular complexity index is 528. The van der Waals surface area contributed by atoms with Gasteiger partial charge in [0.1, 0.15) is 6.20 Å². The van der Waals surface area contributed by atoms with Crippen LogP contribution in [0, 0.1) is 16.1 Å². The zero-order valence-corrected chi connectivity index (χ0v) is 8.00. The molecule has 2 aromatic rings. The van der Waals surface area contributed by atoms with E-state index in [1.807, 2.05) is 0 Å². The molecule has 0 fully saturated rings. The molecule has 2 rings (SSSR count). The highest BCUT2D eigenvalue weighted by atomic mass is 19.1. The lowest BCUT2D eigenvalue weighted by atomic mass is 10.2. The monoisotopic (exact) mass is 219 g/mol. The second kappa shape index (κ2) is 4.01. The first-order chi connectivity index (χ1) is 7.68. The number of nitrogens with zero attached hydrogens (tertiary/aromatic N) is 3. The van der Waals surface area contributed by atoms with Crippen LogP contribution < -0.4 is 0 Å². The highest BCUT2D eigenvalue weighted by Crippen LogP contribution is 2.20. The summed E-state index contributed by atoms with van der Waals surface area (Å²) < 4.78 is 13.2. The van der Waals surface area contributed by atoms with E-state index in [9.17, 15) is 14.5 Å². The van der Waals surface area contributed by atoms with Gasteiger partial charge in [0, 0.05) is 12.3 Å². The van der Waals surface area contributed by atoms with Gasteiger partial charge >= 0.3 is 0 Å². The predicted octanol–water partition coefficient (Wildman–Crippen LogP) is 2.19. The highest BCUT2D eigenvalue weighted by Gasteiger charge is 2.09. The molecule has 16 heavy (non-hydrogen) atoms. The van der Waals surface area contributed by atoms with Crippen molar-refractivity contribution in [1.82, 2.24) is 9.97 Å². The van der Waals surface area contributed by atoms with Crippen molar-refractivity contribution in [3.05, 3.63) is 52.7 Å². The normalized spacial score (nSPS) is 10.1. The van der Waals surface area contributed by atoms with Crippen LogP contribution in [0.25, 0.3) is 11.3 Å². The first kappa shape index (κ1) is 10.2. The zero-order chi connectivity index (χ0) is 11.5. The molecule has 0 saturated carbocycles. The molecule has 5 nitrogen and oxygen atoms in total. The van der Waals surface area contributed by atoms with Crippen molar-refractivity contribution in [1.29, 1.82) is 0 Å². The summed E-state index contributed by atoms with van der Waals surface area (Å²) in [6.07, 6.45) is 2.41. The number of halogens is 1. The summed E-state index contributed by atoms with van der Waals surface area (Å²) in [6.45, 7) is 0. The fraction of sp³-hybridized carbons (Fsp3) is 0. The Kier molecular flexibility index (Phi) is 2.55. The van der Waals surface area contributed by atoms with Gasteiger partial charge in [-0.05, 0) is 18.2 Å². The summed E-state index contributed by atoms with van der Waals surface area (Å²) >= 11 is 0. The van der Waals surface area contributed by atoms with Crippen LogP contribution in [-0.4, -0.2) is 14.9 Å². The molecule has 0 aromatic carbocycles. The number of nitro groups is 1. The number of rotatable bonds is 2. The average molecular weight is 219 g/mol. The highest BCUT2D eigenvalue weighted by molar-refractivity contribution is 5.59. The van der Waals surface area contributed by atoms with E-state index >= 15 is 0 Å². The SMILES string of the molecule is O=[N+]([O-])c1ccc(-c2cccnc2F)nc1. The van der Waals surface area contributed by atoms with Crippen LogP contribution in [0.4, 0.5) is 10.1 Å². The van der Waals surface area contributed by atoms with Crippen molar-refractivity contribution in [2.45, 2.75) is 0 Å². The Labute approximate surface area is 89.7 Å². The van der Waals surface area contributed by atoms with Gasteiger partial charge in [-0.2, -0.15) is 4.39 Å². The molecule has 80 valence electrons. The van der Waals surface area contributed by atoms with E-state index in [0.717, 1.165) is 6.20 Å². The molecule has 2 aromatic heterocycles. The quantitative estimate of drug-likeness (QED) is 0.441. The molecule has 0 spiro atoms. The fourth-order valence-electron chi connectivity index (χ4n) is 1.23. The van der Waals surface area contributed by atoms with E-state index < -0.39 is 10.9 Å². The molecule has 0 bridgehead atoms. The van der Waals surface area contributed by atoms with Crippen LogP contribution in [0.1, 0.15) is 0 Å². The van der Waals surface area contributed by atoms with Crippen molar-refractivity contribution < 1.29 is 9.31 Å². The lowest BCUT2D eigenvalue weighted by molar-refractivity contribution is -0.385. The maximum Gasteiger partial charge on any atom is 0.287 e. The number of hydrogen-bond donors (Lipinski definition) is 0. The number of pyridine rings is 2. The maximum absolute atomic E-state index is 13.2. The minimum atomic E-state index is -0.649. The van der Waals surface area contributed by atoms with E-state index in [1.54, 1.807) is 6.07 Å². The lowest BCUT2D eigenvalue weighted by Crippen LogP contribution is -1.92. The van der Waals surface area contributed by atoms with Crippen LogP contribution in [0.15, 0.2) is 36.7 Å². The summed E-state index contributed by atoms with van der Waals surface area (Å²) in [5, 5.41) is 10.4. The van der Waals surface area contributed by atoms with Gasteiger partial charge in [0.05, 0.1) is 16.2 Å². The molecular formula is C10H6FN3O2. The van der Waals surface area contributed by atoms with Crippen molar-refractivity contribution in [3.63, 3.8) is 0 Å². The number of aromatic nitrogens is 2. The van der Waals surface area contributed by atoms with Gasteiger partial charge in [-0.3, -0.25) is 10.1 Å². The van der Waals surface area contributed by atoms with Gasteiger partial charge in [-0.1, -0.05) is 0 Å². The van der Waals surface area contributed by atoms with Gasteiger partial charge in [-0.15, -0.1) is 0 Å². The van der Waals surface area contributed by atoms with E-state index in [2.05, 4.69) is 9.97 Å². The fourth-order valence-corrected chi connectivity index (χ4v) is 1.23. The third-order valence-corrected chi connectivity index (χ3v) is 1.99. The van der Waals surface area contributed by atoms with Crippen LogP contribution in [-0.2, 0) is 0 Å². The van der Waals surface area contributed by atoms with Crippen molar-refractivity contribution in [2.24, 2.45) is 0 Å². The van der Waals surface area contributed by atoms with Gasteiger partial charge in [0.25, 0.3) is 5.69 Å². The van der Waals surface area contributed by atoms with Gasteiger partial charge < -0.3 is 0 Å². The average Bonchev–Trinajstić information content (AvgIpc) is 2.30. The molecule has 6 heteroatoms. The summed E-state index contributed by atoms with van der Waals surface area (Å²) in [5.41, 5.74) is 0.404. The largest absolute Gasteiger partial charge is 0.287 e. The summed E-state index contributed by atoms with van der Waals surface area (Å²) in [7, 11) is 0. The molecule has 0 aliphatic heterocycles. The topological polar surface area (TPSA) is 68.9 Å². The van der Waals surface area contributed by atoms with E-state index in [4.69, 9.17) is 0 Å². The zero-order valence-electron chi connectivity index (χ0n) is 8.00. The molecule has 0 atom stereocenters. The van der Waals surface area contributed by atoms with E-state index in [-0.39, 0.29) is 11.3 Å². The van der Waals surface area contributed by atoms with E-state index in [1.165, 1.54) is 24.4 Å². The molecule has 0 N–H and O–H groups in total. The summed E-state index contributed by atoms with van der Waals surface area (Å²) in [6, 6.07) is 5.74. The Hall–Kier alpha value is -2.37. The molecule has 0 aliphatic rings. The van der Waals surface area contributed by atoms with Crippen LogP contribution in [0.2, 0.25) is 0 Å². The van der Waals surface area contributed by atoms with E-state index in [0.29, 0.717) is 5.69 Å². The van der Waals surface area contributed by atoms with Gasteiger partial charge in [-0.25, -0.2) is 9.97 Å². The molecular weight excluding hydrogens is 213 g/mol. The molecule has 0 saturated heterocycles. The van der Waals surface area contributed by atoms with Crippen LogP contribution >= 0.6 is 0 Å². The third-order valence-electron chi connectivity index (χ3n) is 1.99. The molecule has 0 aliphatic carbocycles. The lowest BCUT2D eigenvalue weighted by Gasteiger charge is -2.00. The van der Waals surface area contributed by atoms with Gasteiger partial charge in [0.2, 0.25) is 5.95 Å². The first-order valence-corrected chi connectivity index (χ1v) is 4.40. The third kappa shape index (κ3) is 1.85. The summed E-state index contributed by atoms with van der Waals surface area (Å²) in [4.78, 5) is 17.1. The number of hydrogen-bond acceptors (Lipinski definition) is 4. The Morgan fingerprint density at radius 2 is 2.06 bits per heavy atom. The molecule has 0 radical (unpaired) electrons. The molecule has 0 amide bonds. The first-order valence-electron chi connectivity index (χ1n) is 4.40. The summed E-state index contributed by atoms with van der Waals surface area (Å²) in [5.74, 6) is -0.649. The Morgan fingerprint density at radius 1 is 1.25 bits per heavy atom.